The summed E-state index contributed by atoms with van der Waals surface area (Å²) in [7, 11) is 0. The van der Waals surface area contributed by atoms with Gasteiger partial charge in [0.25, 0.3) is 5.69 Å². The molecular formula is C33H32N2O8. The minimum absolute atomic E-state index is 0.0503. The Kier molecular flexibility index (Phi) is 6.63. The molecule has 10 nitrogen and oxygen atoms in total. The van der Waals surface area contributed by atoms with Gasteiger partial charge in [0.15, 0.2) is 23.1 Å². The minimum Gasteiger partial charge on any atom is -0.504 e. The number of phenolic OH excluding ortho intramolecular Hbond substituents is 1. The largest absolute Gasteiger partial charge is 0.504 e. The summed E-state index contributed by atoms with van der Waals surface area (Å²) in [6.45, 7) is 7.26. The van der Waals surface area contributed by atoms with E-state index in [4.69, 9.17) is 4.74 Å². The third kappa shape index (κ3) is 3.99. The van der Waals surface area contributed by atoms with Gasteiger partial charge in [-0.05, 0) is 80.5 Å². The standard InChI is InChI=1S/C33H32N2O8/c1-5-43-26-14-18(6-13-25(26)36)28-21-11-12-22-27(23(21)15-24-29(37)16(2)17(3)30(38)33(24,28)4)32(40)34(31(22)39)19-7-9-20(10-8-19)35(41)42/h6-11,13-14,22-24,27-28,36H,5,12,15H2,1-4H3/t22-,23+,24-,27-,28-,33+/m0/s1. The van der Waals surface area contributed by atoms with Gasteiger partial charge in [-0.3, -0.25) is 34.2 Å². The molecule has 1 N–H and O–H groups in total. The zero-order chi connectivity index (χ0) is 31.0. The van der Waals surface area contributed by atoms with Crippen molar-refractivity contribution in [1.29, 1.82) is 0 Å². The van der Waals surface area contributed by atoms with E-state index in [0.717, 1.165) is 10.5 Å². The number of imide groups is 1. The maximum Gasteiger partial charge on any atom is 0.269 e. The first-order valence-corrected chi connectivity index (χ1v) is 14.5. The zero-order valence-corrected chi connectivity index (χ0v) is 24.3. The first kappa shape index (κ1) is 28.5. The Hall–Kier alpha value is -4.60. The Morgan fingerprint density at radius 1 is 1.02 bits per heavy atom. The highest BCUT2D eigenvalue weighted by molar-refractivity contribution is 6.22. The lowest BCUT2D eigenvalue weighted by molar-refractivity contribution is -0.384. The van der Waals surface area contributed by atoms with Crippen LogP contribution in [-0.4, -0.2) is 40.0 Å². The van der Waals surface area contributed by atoms with Gasteiger partial charge >= 0.3 is 0 Å². The number of nitro benzene ring substituents is 1. The molecule has 2 fully saturated rings. The van der Waals surface area contributed by atoms with Crippen LogP contribution in [0.2, 0.25) is 0 Å². The summed E-state index contributed by atoms with van der Waals surface area (Å²) in [6, 6.07) is 10.2. The molecule has 0 bridgehead atoms. The first-order valence-electron chi connectivity index (χ1n) is 14.5. The average Bonchev–Trinajstić information content (AvgIpc) is 3.25. The highest BCUT2D eigenvalue weighted by Gasteiger charge is 2.64. The van der Waals surface area contributed by atoms with Gasteiger partial charge in [0, 0.05) is 24.0 Å². The fraction of sp³-hybridized carbons (Fsp3) is 0.394. The number of anilines is 1. The summed E-state index contributed by atoms with van der Waals surface area (Å²) in [6.07, 6.45) is 2.46. The lowest BCUT2D eigenvalue weighted by Gasteiger charge is -2.54. The minimum atomic E-state index is -1.15. The number of nitro groups is 1. The molecule has 2 amide bonds. The van der Waals surface area contributed by atoms with Crippen LogP contribution >= 0.6 is 0 Å². The van der Waals surface area contributed by atoms with Gasteiger partial charge in [0.05, 0.1) is 34.5 Å². The van der Waals surface area contributed by atoms with Gasteiger partial charge in [-0.1, -0.05) is 24.6 Å². The van der Waals surface area contributed by atoms with E-state index in [9.17, 15) is 34.4 Å². The van der Waals surface area contributed by atoms with E-state index < -0.39 is 45.8 Å². The van der Waals surface area contributed by atoms with Gasteiger partial charge in [-0.15, -0.1) is 0 Å². The second kappa shape index (κ2) is 10.00. The van der Waals surface area contributed by atoms with E-state index in [1.165, 1.54) is 30.3 Å². The summed E-state index contributed by atoms with van der Waals surface area (Å²) in [5.74, 6) is -4.10. The van der Waals surface area contributed by atoms with Crippen LogP contribution in [0, 0.1) is 39.2 Å². The quantitative estimate of drug-likeness (QED) is 0.223. The summed E-state index contributed by atoms with van der Waals surface area (Å²) in [5.41, 5.74) is 1.29. The lowest BCUT2D eigenvalue weighted by Crippen LogP contribution is -2.55. The molecule has 4 aliphatic rings. The molecule has 222 valence electrons. The molecule has 0 spiro atoms. The van der Waals surface area contributed by atoms with Crippen LogP contribution < -0.4 is 9.64 Å². The van der Waals surface area contributed by atoms with Gasteiger partial charge in [0.2, 0.25) is 11.8 Å². The Morgan fingerprint density at radius 2 is 1.72 bits per heavy atom. The number of benzene rings is 2. The molecule has 0 unspecified atom stereocenters. The van der Waals surface area contributed by atoms with Gasteiger partial charge < -0.3 is 9.84 Å². The number of Topliss-reactive ketones (excluding diaryl/α,β-unsaturated/α-hetero) is 2. The predicted octanol–water partition coefficient (Wildman–Crippen LogP) is 5.05. The van der Waals surface area contributed by atoms with Crippen molar-refractivity contribution in [3.05, 3.63) is 80.9 Å². The normalized spacial score (nSPS) is 30.1. The molecule has 10 heteroatoms. The number of fused-ring (bicyclic) bond motifs is 4. The highest BCUT2D eigenvalue weighted by Crippen LogP contribution is 2.63. The number of carbonyl (C=O) groups excluding carboxylic acids is 4. The summed E-state index contributed by atoms with van der Waals surface area (Å²) in [4.78, 5) is 67.5. The molecule has 0 aromatic heterocycles. The smallest absolute Gasteiger partial charge is 0.269 e. The molecular weight excluding hydrogens is 552 g/mol. The first-order chi connectivity index (χ1) is 20.4. The van der Waals surface area contributed by atoms with Crippen molar-refractivity contribution in [2.75, 3.05) is 11.5 Å². The fourth-order valence-corrected chi connectivity index (χ4v) is 7.92. The van der Waals surface area contributed by atoms with Crippen LogP contribution in [0.5, 0.6) is 11.5 Å². The van der Waals surface area contributed by atoms with Crippen LogP contribution in [0.1, 0.15) is 52.0 Å². The van der Waals surface area contributed by atoms with E-state index in [1.54, 1.807) is 32.9 Å². The second-order valence-corrected chi connectivity index (χ2v) is 12.1. The van der Waals surface area contributed by atoms with E-state index in [2.05, 4.69) is 0 Å². The van der Waals surface area contributed by atoms with E-state index >= 15 is 0 Å². The number of ether oxygens (including phenoxy) is 1. The maximum atomic E-state index is 14.1. The number of non-ortho nitro benzene ring substituents is 1. The van der Waals surface area contributed by atoms with Crippen molar-refractivity contribution >= 4 is 34.8 Å². The number of phenols is 1. The lowest BCUT2D eigenvalue weighted by atomic mass is 9.46. The molecule has 6 atom stereocenters. The van der Waals surface area contributed by atoms with Crippen LogP contribution in [0.25, 0.3) is 0 Å². The van der Waals surface area contributed by atoms with Gasteiger partial charge in [0.1, 0.15) is 0 Å². The van der Waals surface area contributed by atoms with Crippen molar-refractivity contribution in [2.24, 2.45) is 29.1 Å². The van der Waals surface area contributed by atoms with Crippen molar-refractivity contribution in [3.8, 4) is 11.5 Å². The van der Waals surface area contributed by atoms with Crippen LogP contribution in [0.4, 0.5) is 11.4 Å². The fourth-order valence-electron chi connectivity index (χ4n) is 7.92. The molecule has 43 heavy (non-hydrogen) atoms. The molecule has 0 radical (unpaired) electrons. The van der Waals surface area contributed by atoms with Gasteiger partial charge in [-0.2, -0.15) is 0 Å². The molecule has 1 saturated carbocycles. The highest BCUT2D eigenvalue weighted by atomic mass is 16.6. The Morgan fingerprint density at radius 3 is 2.37 bits per heavy atom. The third-order valence-corrected chi connectivity index (χ3v) is 10.1. The molecule has 6 rings (SSSR count). The molecule has 1 saturated heterocycles. The molecule has 3 aliphatic carbocycles. The van der Waals surface area contributed by atoms with Gasteiger partial charge in [-0.25, -0.2) is 0 Å². The average molecular weight is 585 g/mol. The third-order valence-electron chi connectivity index (χ3n) is 10.1. The van der Waals surface area contributed by atoms with Crippen molar-refractivity contribution in [2.45, 2.75) is 46.5 Å². The van der Waals surface area contributed by atoms with Crippen LogP contribution in [0.3, 0.4) is 0 Å². The van der Waals surface area contributed by atoms with E-state index in [1.807, 2.05) is 13.0 Å². The molecule has 2 aromatic carbocycles. The number of aromatic hydroxyl groups is 1. The summed E-state index contributed by atoms with van der Waals surface area (Å²) < 4.78 is 5.67. The second-order valence-electron chi connectivity index (χ2n) is 12.1. The molecule has 1 aliphatic heterocycles. The van der Waals surface area contributed by atoms with Crippen molar-refractivity contribution < 1.29 is 33.9 Å². The van der Waals surface area contributed by atoms with E-state index in [-0.39, 0.29) is 53.2 Å². The number of rotatable bonds is 5. The number of hydrogen-bond donors (Lipinski definition) is 1. The zero-order valence-electron chi connectivity index (χ0n) is 24.3. The SMILES string of the molecule is CCOc1cc([C@H]2C3=CC[C@@H]4C(=O)N(c5ccc([N+](=O)[O-])cc5)C(=O)[C@@H]4[C@@H]3C[C@H]3C(=O)C(C)=C(C)C(=O)[C@@]23C)ccc1O. The van der Waals surface area contributed by atoms with Crippen LogP contribution in [-0.2, 0) is 19.2 Å². The monoisotopic (exact) mass is 584 g/mol. The Labute approximate surface area is 248 Å². The Balaban J connectivity index is 1.48. The van der Waals surface area contributed by atoms with Crippen molar-refractivity contribution in [1.82, 2.24) is 0 Å². The topological polar surface area (TPSA) is 144 Å². The molecule has 1 heterocycles. The number of allylic oxidation sites excluding steroid dienone is 4. The Bertz CT molecular complexity index is 1670. The van der Waals surface area contributed by atoms with E-state index in [0.29, 0.717) is 23.3 Å². The number of ketones is 2. The van der Waals surface area contributed by atoms with Crippen molar-refractivity contribution in [3.63, 3.8) is 0 Å². The molecule has 2 aromatic rings. The number of amides is 2. The number of nitrogens with zero attached hydrogens (tertiary/aromatic N) is 2. The van der Waals surface area contributed by atoms with Crippen LogP contribution in [0.15, 0.2) is 65.3 Å². The maximum absolute atomic E-state index is 14.1. The predicted molar refractivity (Wildman–Crippen MR) is 155 cm³/mol. The summed E-state index contributed by atoms with van der Waals surface area (Å²) in [5, 5.41) is 21.6. The number of carbonyl (C=O) groups is 4. The summed E-state index contributed by atoms with van der Waals surface area (Å²) >= 11 is 0. The number of hydrogen-bond acceptors (Lipinski definition) is 8.